The molecule has 1 aromatic rings. The Morgan fingerprint density at radius 2 is 2.05 bits per heavy atom. The minimum atomic E-state index is -4.51. The van der Waals surface area contributed by atoms with E-state index in [-0.39, 0.29) is 11.8 Å². The molecule has 0 spiro atoms. The minimum absolute atomic E-state index is 0.247. The molecule has 1 aromatic heterocycles. The van der Waals surface area contributed by atoms with Crippen LogP contribution in [0, 0.1) is 0 Å². The van der Waals surface area contributed by atoms with Crippen molar-refractivity contribution in [3.63, 3.8) is 0 Å². The predicted molar refractivity (Wildman–Crippen MR) is 70.4 cm³/mol. The van der Waals surface area contributed by atoms with Crippen LogP contribution in [0.2, 0.25) is 0 Å². The molecule has 1 aliphatic heterocycles. The van der Waals surface area contributed by atoms with Crippen LogP contribution in [0.1, 0.15) is 19.0 Å². The lowest BCUT2D eigenvalue weighted by Gasteiger charge is -2.39. The molecule has 1 aliphatic rings. The maximum atomic E-state index is 12.7. The van der Waals surface area contributed by atoms with E-state index in [1.165, 1.54) is 0 Å². The average Bonchev–Trinajstić information content (AvgIpc) is 2.37. The van der Waals surface area contributed by atoms with Gasteiger partial charge in [-0.1, -0.05) is 6.92 Å². The Labute approximate surface area is 115 Å². The maximum absolute atomic E-state index is 12.7. The van der Waals surface area contributed by atoms with Crippen LogP contribution in [0.5, 0.6) is 0 Å². The Bertz CT molecular complexity index is 477. The molecule has 1 fully saturated rings. The van der Waals surface area contributed by atoms with Crippen LogP contribution >= 0.6 is 0 Å². The fourth-order valence-electron chi connectivity index (χ4n) is 2.35. The smallest absolute Gasteiger partial charge is 0.368 e. The molecular formula is C12H18F3N5. The fraction of sp³-hybridized carbons (Fsp3) is 0.667. The highest BCUT2D eigenvalue weighted by molar-refractivity contribution is 5.44. The van der Waals surface area contributed by atoms with Crippen LogP contribution in [0.3, 0.4) is 0 Å². The number of likely N-dealkylation sites (N-methyl/N-ethyl adjacent to an activating group) is 1. The molecule has 2 heterocycles. The van der Waals surface area contributed by atoms with Gasteiger partial charge in [-0.15, -0.1) is 0 Å². The molecule has 5 nitrogen and oxygen atoms in total. The lowest BCUT2D eigenvalue weighted by molar-refractivity contribution is -0.141. The van der Waals surface area contributed by atoms with Crippen molar-refractivity contribution < 1.29 is 13.2 Å². The molecule has 0 aromatic carbocycles. The third-order valence-electron chi connectivity index (χ3n) is 3.59. The molecule has 0 amide bonds. The molecule has 0 saturated carbocycles. The van der Waals surface area contributed by atoms with E-state index in [0.29, 0.717) is 19.1 Å². The molecule has 20 heavy (non-hydrogen) atoms. The van der Waals surface area contributed by atoms with Crippen molar-refractivity contribution in [3.05, 3.63) is 11.8 Å². The standard InChI is InChI=1S/C12H18F3N5/c1-3-8-7-20(5-4-19(8)2)10-6-9(12(13,14)15)17-11(16)18-10/h6,8H,3-5,7H2,1-2H3,(H2,16,17,18). The summed E-state index contributed by atoms with van der Waals surface area (Å²) in [6, 6.07) is 1.27. The highest BCUT2D eigenvalue weighted by Gasteiger charge is 2.34. The van der Waals surface area contributed by atoms with Crippen LogP contribution in [-0.4, -0.2) is 47.6 Å². The van der Waals surface area contributed by atoms with Crippen molar-refractivity contribution in [2.24, 2.45) is 0 Å². The number of hydrogen-bond acceptors (Lipinski definition) is 5. The first kappa shape index (κ1) is 14.8. The van der Waals surface area contributed by atoms with Crippen LogP contribution in [-0.2, 0) is 6.18 Å². The van der Waals surface area contributed by atoms with E-state index in [9.17, 15) is 13.2 Å². The molecule has 1 saturated heterocycles. The van der Waals surface area contributed by atoms with E-state index >= 15 is 0 Å². The second-order valence-corrected chi connectivity index (χ2v) is 4.96. The molecule has 0 bridgehead atoms. The summed E-state index contributed by atoms with van der Waals surface area (Å²) in [5.74, 6) is -0.0989. The van der Waals surface area contributed by atoms with Gasteiger partial charge in [0.1, 0.15) is 5.82 Å². The number of alkyl halides is 3. The predicted octanol–water partition coefficient (Wildman–Crippen LogP) is 1.61. The zero-order valence-electron chi connectivity index (χ0n) is 11.5. The van der Waals surface area contributed by atoms with Crippen LogP contribution < -0.4 is 10.6 Å². The Hall–Kier alpha value is -1.57. The van der Waals surface area contributed by atoms with Gasteiger partial charge in [0, 0.05) is 31.7 Å². The quantitative estimate of drug-likeness (QED) is 0.896. The summed E-state index contributed by atoms with van der Waals surface area (Å²) in [7, 11) is 2.01. The molecular weight excluding hydrogens is 271 g/mol. The summed E-state index contributed by atoms with van der Waals surface area (Å²) in [6.07, 6.45) is -3.58. The van der Waals surface area contributed by atoms with Crippen molar-refractivity contribution in [2.75, 3.05) is 37.3 Å². The van der Waals surface area contributed by atoms with Gasteiger partial charge >= 0.3 is 6.18 Å². The molecule has 1 atom stereocenters. The fourth-order valence-corrected chi connectivity index (χ4v) is 2.35. The maximum Gasteiger partial charge on any atom is 0.433 e. The van der Waals surface area contributed by atoms with Gasteiger partial charge in [-0.05, 0) is 13.5 Å². The summed E-state index contributed by atoms with van der Waals surface area (Å²) >= 11 is 0. The molecule has 0 radical (unpaired) electrons. The Morgan fingerprint density at radius 3 is 2.65 bits per heavy atom. The average molecular weight is 289 g/mol. The monoisotopic (exact) mass is 289 g/mol. The van der Waals surface area contributed by atoms with Gasteiger partial charge in [-0.25, -0.2) is 4.98 Å². The topological polar surface area (TPSA) is 58.3 Å². The van der Waals surface area contributed by atoms with Crippen molar-refractivity contribution in [1.29, 1.82) is 0 Å². The largest absolute Gasteiger partial charge is 0.433 e. The Morgan fingerprint density at radius 1 is 1.35 bits per heavy atom. The van der Waals surface area contributed by atoms with Gasteiger partial charge in [0.2, 0.25) is 5.95 Å². The van der Waals surface area contributed by atoms with Gasteiger partial charge in [-0.2, -0.15) is 18.2 Å². The number of piperazine rings is 1. The van der Waals surface area contributed by atoms with E-state index in [4.69, 9.17) is 5.73 Å². The first-order valence-electron chi connectivity index (χ1n) is 6.48. The summed E-state index contributed by atoms with van der Waals surface area (Å²) in [4.78, 5) is 11.2. The van der Waals surface area contributed by atoms with Gasteiger partial charge < -0.3 is 10.6 Å². The number of anilines is 2. The summed E-state index contributed by atoms with van der Waals surface area (Å²) in [5, 5.41) is 0. The molecule has 2 N–H and O–H groups in total. The molecule has 8 heteroatoms. The summed E-state index contributed by atoms with van der Waals surface area (Å²) in [5.41, 5.74) is 4.40. The van der Waals surface area contributed by atoms with Gasteiger partial charge in [0.15, 0.2) is 5.69 Å². The van der Waals surface area contributed by atoms with Gasteiger partial charge in [0.25, 0.3) is 0 Å². The SMILES string of the molecule is CCC1CN(c2cc(C(F)(F)F)nc(N)n2)CCN1C. The normalized spacial score (nSPS) is 21.2. The third-order valence-corrected chi connectivity index (χ3v) is 3.59. The molecule has 2 rings (SSSR count). The molecule has 112 valence electrons. The van der Waals surface area contributed by atoms with Crippen LogP contribution in [0.4, 0.5) is 24.9 Å². The first-order valence-corrected chi connectivity index (χ1v) is 6.48. The van der Waals surface area contributed by atoms with E-state index in [1.807, 2.05) is 11.9 Å². The van der Waals surface area contributed by atoms with Crippen molar-refractivity contribution in [3.8, 4) is 0 Å². The first-order chi connectivity index (χ1) is 9.31. The van der Waals surface area contributed by atoms with Crippen LogP contribution in [0.25, 0.3) is 0 Å². The number of nitrogens with zero attached hydrogens (tertiary/aromatic N) is 4. The highest BCUT2D eigenvalue weighted by atomic mass is 19.4. The van der Waals surface area contributed by atoms with E-state index in [2.05, 4.69) is 21.8 Å². The molecule has 1 unspecified atom stereocenters. The van der Waals surface area contributed by atoms with E-state index in [0.717, 1.165) is 19.0 Å². The van der Waals surface area contributed by atoms with E-state index in [1.54, 1.807) is 0 Å². The summed E-state index contributed by atoms with van der Waals surface area (Å²) < 4.78 is 38.2. The Balaban J connectivity index is 2.27. The summed E-state index contributed by atoms with van der Waals surface area (Å²) in [6.45, 7) is 4.10. The van der Waals surface area contributed by atoms with Crippen molar-refractivity contribution in [2.45, 2.75) is 25.6 Å². The number of rotatable bonds is 2. The third kappa shape index (κ3) is 3.12. The number of aromatic nitrogens is 2. The van der Waals surface area contributed by atoms with Crippen molar-refractivity contribution >= 4 is 11.8 Å². The zero-order chi connectivity index (χ0) is 14.9. The second kappa shape index (κ2) is 5.43. The van der Waals surface area contributed by atoms with Gasteiger partial charge in [-0.3, -0.25) is 4.90 Å². The van der Waals surface area contributed by atoms with E-state index < -0.39 is 11.9 Å². The number of halogens is 3. The number of hydrogen-bond donors (Lipinski definition) is 1. The zero-order valence-corrected chi connectivity index (χ0v) is 11.5. The van der Waals surface area contributed by atoms with Gasteiger partial charge in [0.05, 0.1) is 0 Å². The highest BCUT2D eigenvalue weighted by Crippen LogP contribution is 2.30. The number of nitrogens with two attached hydrogens (primary N) is 1. The molecule has 0 aliphatic carbocycles. The number of nitrogen functional groups attached to an aromatic ring is 1. The Kier molecular flexibility index (Phi) is 4.03. The minimum Gasteiger partial charge on any atom is -0.368 e. The lowest BCUT2D eigenvalue weighted by atomic mass is 10.1. The lowest BCUT2D eigenvalue weighted by Crippen LogP contribution is -2.51. The van der Waals surface area contributed by atoms with Crippen molar-refractivity contribution in [1.82, 2.24) is 14.9 Å². The van der Waals surface area contributed by atoms with Crippen LogP contribution in [0.15, 0.2) is 6.07 Å². The second-order valence-electron chi connectivity index (χ2n) is 4.96.